The van der Waals surface area contributed by atoms with Crippen molar-refractivity contribution in [1.82, 2.24) is 0 Å². The maximum Gasteiger partial charge on any atom is 0.0579 e. The molecule has 0 spiro atoms. The summed E-state index contributed by atoms with van der Waals surface area (Å²) in [5.41, 5.74) is 8.74. The number of benzene rings is 1. The molecule has 0 aromatic heterocycles. The van der Waals surface area contributed by atoms with Crippen LogP contribution in [0.5, 0.6) is 0 Å². The Morgan fingerprint density at radius 1 is 1.40 bits per heavy atom. The molecule has 0 radical (unpaired) electrons. The average molecular weight is 208 g/mol. The number of para-hydroxylation sites is 1. The lowest BCUT2D eigenvalue weighted by atomic mass is 10.1. The van der Waals surface area contributed by atoms with E-state index in [1.165, 1.54) is 0 Å². The van der Waals surface area contributed by atoms with Crippen molar-refractivity contribution in [2.75, 3.05) is 11.1 Å². The van der Waals surface area contributed by atoms with Crippen LogP contribution < -0.4 is 11.1 Å². The Bertz CT molecular complexity index is 323. The van der Waals surface area contributed by atoms with Gasteiger partial charge in [0.1, 0.15) is 0 Å². The van der Waals surface area contributed by atoms with Gasteiger partial charge in [-0.1, -0.05) is 12.1 Å². The SMILES string of the molecule is Cc1cccc(NC(C)CC(C)O)c1N. The molecule has 1 rings (SSSR count). The molecule has 3 nitrogen and oxygen atoms in total. The summed E-state index contributed by atoms with van der Waals surface area (Å²) in [6.07, 6.45) is 0.423. The smallest absolute Gasteiger partial charge is 0.0579 e. The van der Waals surface area contributed by atoms with Crippen LogP contribution in [0.15, 0.2) is 18.2 Å². The van der Waals surface area contributed by atoms with Crippen molar-refractivity contribution in [2.45, 2.75) is 39.3 Å². The van der Waals surface area contributed by atoms with Gasteiger partial charge in [0.15, 0.2) is 0 Å². The third-order valence-electron chi connectivity index (χ3n) is 2.42. The standard InChI is InChI=1S/C12H20N2O/c1-8-5-4-6-11(12(8)13)14-9(2)7-10(3)15/h4-6,9-10,14-15H,7,13H2,1-3H3. The Hall–Kier alpha value is -1.22. The zero-order valence-corrected chi connectivity index (χ0v) is 9.62. The largest absolute Gasteiger partial charge is 0.397 e. The van der Waals surface area contributed by atoms with Crippen LogP contribution in [0, 0.1) is 6.92 Å². The highest BCUT2D eigenvalue weighted by Crippen LogP contribution is 2.23. The summed E-state index contributed by atoms with van der Waals surface area (Å²) in [6.45, 7) is 5.81. The van der Waals surface area contributed by atoms with Crippen molar-refractivity contribution in [3.63, 3.8) is 0 Å². The second-order valence-electron chi connectivity index (χ2n) is 4.17. The maximum atomic E-state index is 9.25. The van der Waals surface area contributed by atoms with E-state index in [0.717, 1.165) is 16.9 Å². The fraction of sp³-hybridized carbons (Fsp3) is 0.500. The summed E-state index contributed by atoms with van der Waals surface area (Å²) in [4.78, 5) is 0. The minimum atomic E-state index is -0.293. The lowest BCUT2D eigenvalue weighted by molar-refractivity contribution is 0.179. The van der Waals surface area contributed by atoms with Crippen molar-refractivity contribution in [1.29, 1.82) is 0 Å². The Balaban J connectivity index is 2.68. The van der Waals surface area contributed by atoms with Crippen molar-refractivity contribution < 1.29 is 5.11 Å². The van der Waals surface area contributed by atoms with E-state index in [2.05, 4.69) is 5.32 Å². The van der Waals surface area contributed by atoms with Gasteiger partial charge in [0.05, 0.1) is 17.5 Å². The highest BCUT2D eigenvalue weighted by atomic mass is 16.3. The lowest BCUT2D eigenvalue weighted by Gasteiger charge is -2.18. The van der Waals surface area contributed by atoms with E-state index in [-0.39, 0.29) is 12.1 Å². The van der Waals surface area contributed by atoms with Gasteiger partial charge in [0.25, 0.3) is 0 Å². The topological polar surface area (TPSA) is 58.3 Å². The Morgan fingerprint density at radius 2 is 2.07 bits per heavy atom. The quantitative estimate of drug-likeness (QED) is 0.664. The molecule has 0 aliphatic heterocycles. The van der Waals surface area contributed by atoms with Gasteiger partial charge >= 0.3 is 0 Å². The predicted molar refractivity (Wildman–Crippen MR) is 65.0 cm³/mol. The van der Waals surface area contributed by atoms with Crippen LogP contribution >= 0.6 is 0 Å². The van der Waals surface area contributed by atoms with E-state index in [1.807, 2.05) is 32.0 Å². The molecule has 15 heavy (non-hydrogen) atoms. The van der Waals surface area contributed by atoms with Gasteiger partial charge < -0.3 is 16.2 Å². The van der Waals surface area contributed by atoms with Gasteiger partial charge in [-0.05, 0) is 38.8 Å². The first kappa shape index (κ1) is 11.9. The Kier molecular flexibility index (Phi) is 3.97. The molecule has 0 saturated heterocycles. The number of aliphatic hydroxyl groups excluding tert-OH is 1. The number of anilines is 2. The van der Waals surface area contributed by atoms with E-state index < -0.39 is 0 Å². The fourth-order valence-corrected chi connectivity index (χ4v) is 1.64. The molecule has 84 valence electrons. The number of hydrogen-bond donors (Lipinski definition) is 3. The molecule has 0 saturated carbocycles. The van der Waals surface area contributed by atoms with Gasteiger partial charge in [-0.25, -0.2) is 0 Å². The molecule has 0 aliphatic rings. The Morgan fingerprint density at radius 3 is 2.67 bits per heavy atom. The highest BCUT2D eigenvalue weighted by Gasteiger charge is 2.08. The van der Waals surface area contributed by atoms with E-state index in [9.17, 15) is 5.11 Å². The number of nitrogens with one attached hydrogen (secondary N) is 1. The van der Waals surface area contributed by atoms with Crippen molar-refractivity contribution in [3.8, 4) is 0 Å². The van der Waals surface area contributed by atoms with Crippen LogP contribution in [0.1, 0.15) is 25.8 Å². The van der Waals surface area contributed by atoms with Gasteiger partial charge in [0.2, 0.25) is 0 Å². The summed E-state index contributed by atoms with van der Waals surface area (Å²) in [5.74, 6) is 0. The third-order valence-corrected chi connectivity index (χ3v) is 2.42. The maximum absolute atomic E-state index is 9.25. The number of aryl methyl sites for hydroxylation is 1. The van der Waals surface area contributed by atoms with E-state index in [4.69, 9.17) is 5.73 Å². The summed E-state index contributed by atoms with van der Waals surface area (Å²) < 4.78 is 0. The monoisotopic (exact) mass is 208 g/mol. The van der Waals surface area contributed by atoms with Crippen molar-refractivity contribution in [2.24, 2.45) is 0 Å². The molecule has 1 aromatic carbocycles. The minimum Gasteiger partial charge on any atom is -0.397 e. The number of aliphatic hydroxyl groups is 1. The van der Waals surface area contributed by atoms with Crippen LogP contribution in [0.3, 0.4) is 0 Å². The zero-order valence-electron chi connectivity index (χ0n) is 9.62. The lowest BCUT2D eigenvalue weighted by Crippen LogP contribution is -2.21. The first-order valence-corrected chi connectivity index (χ1v) is 5.30. The summed E-state index contributed by atoms with van der Waals surface area (Å²) in [6, 6.07) is 6.14. The molecule has 1 aromatic rings. The molecule has 0 aliphatic carbocycles. The van der Waals surface area contributed by atoms with Crippen LogP contribution in [-0.2, 0) is 0 Å². The van der Waals surface area contributed by atoms with E-state index in [1.54, 1.807) is 6.92 Å². The molecule has 0 heterocycles. The molecule has 0 fully saturated rings. The summed E-state index contributed by atoms with van der Waals surface area (Å²) in [5, 5.41) is 12.6. The molecule has 0 bridgehead atoms. The summed E-state index contributed by atoms with van der Waals surface area (Å²) >= 11 is 0. The molecule has 2 atom stereocenters. The third kappa shape index (κ3) is 3.44. The van der Waals surface area contributed by atoms with Crippen molar-refractivity contribution in [3.05, 3.63) is 23.8 Å². The van der Waals surface area contributed by atoms with Gasteiger partial charge in [-0.3, -0.25) is 0 Å². The van der Waals surface area contributed by atoms with Crippen LogP contribution in [0.25, 0.3) is 0 Å². The second kappa shape index (κ2) is 5.03. The number of rotatable bonds is 4. The predicted octanol–water partition coefficient (Wildman–Crippen LogP) is 2.15. The molecule has 0 amide bonds. The molecule has 3 heteroatoms. The molecule has 2 unspecified atom stereocenters. The van der Waals surface area contributed by atoms with E-state index in [0.29, 0.717) is 6.42 Å². The minimum absolute atomic E-state index is 0.217. The molecular formula is C12H20N2O. The van der Waals surface area contributed by atoms with Gasteiger partial charge in [-0.15, -0.1) is 0 Å². The second-order valence-corrected chi connectivity index (χ2v) is 4.17. The molecular weight excluding hydrogens is 188 g/mol. The fourth-order valence-electron chi connectivity index (χ4n) is 1.64. The Labute approximate surface area is 91.3 Å². The average Bonchev–Trinajstić information content (AvgIpc) is 2.11. The van der Waals surface area contributed by atoms with E-state index >= 15 is 0 Å². The first-order chi connectivity index (χ1) is 7.00. The van der Waals surface area contributed by atoms with Gasteiger partial charge in [0, 0.05) is 6.04 Å². The number of nitrogen functional groups attached to an aromatic ring is 1. The van der Waals surface area contributed by atoms with Crippen LogP contribution in [0.4, 0.5) is 11.4 Å². The zero-order chi connectivity index (χ0) is 11.4. The summed E-state index contributed by atoms with van der Waals surface area (Å²) in [7, 11) is 0. The molecule has 4 N–H and O–H groups in total. The highest BCUT2D eigenvalue weighted by molar-refractivity contribution is 5.69. The van der Waals surface area contributed by atoms with Crippen molar-refractivity contribution >= 4 is 11.4 Å². The number of hydrogen-bond acceptors (Lipinski definition) is 3. The normalized spacial score (nSPS) is 14.7. The first-order valence-electron chi connectivity index (χ1n) is 5.30. The van der Waals surface area contributed by atoms with Crippen LogP contribution in [0.2, 0.25) is 0 Å². The van der Waals surface area contributed by atoms with Crippen LogP contribution in [-0.4, -0.2) is 17.3 Å². The number of nitrogens with two attached hydrogens (primary N) is 1. The van der Waals surface area contributed by atoms with Gasteiger partial charge in [-0.2, -0.15) is 0 Å².